The van der Waals surface area contributed by atoms with Crippen LogP contribution in [-0.4, -0.2) is 22.2 Å². The lowest BCUT2D eigenvalue weighted by molar-refractivity contribution is 0.100. The van der Waals surface area contributed by atoms with Crippen molar-refractivity contribution in [2.75, 3.05) is 11.9 Å². The molecule has 12 heavy (non-hydrogen) atoms. The number of rotatable bonds is 3. The Hall–Kier alpha value is -1.52. The first-order valence-electron chi connectivity index (χ1n) is 3.72. The molecule has 0 atom stereocenters. The molecule has 0 fully saturated rings. The minimum atomic E-state index is -0.459. The summed E-state index contributed by atoms with van der Waals surface area (Å²) in [5.74, 6) is 0.0894. The second-order valence-electron chi connectivity index (χ2n) is 2.46. The standard InChI is InChI=1S/C7H12N4O/c1-3-9-7-5(6(8)12)4-11(2)10-7/h4H,3H2,1-2H3,(H2,8,12)(H,9,10). The SMILES string of the molecule is CCNc1nn(C)cc1C(N)=O. The van der Waals surface area contributed by atoms with Crippen LogP contribution in [0.1, 0.15) is 17.3 Å². The zero-order valence-corrected chi connectivity index (χ0v) is 7.16. The number of nitrogens with zero attached hydrogens (tertiary/aromatic N) is 2. The van der Waals surface area contributed by atoms with Crippen LogP contribution in [0.3, 0.4) is 0 Å². The van der Waals surface area contributed by atoms with E-state index >= 15 is 0 Å². The minimum Gasteiger partial charge on any atom is -0.368 e. The predicted octanol–water partition coefficient (Wildman–Crippen LogP) is -0.0492. The van der Waals surface area contributed by atoms with Gasteiger partial charge in [0.2, 0.25) is 0 Å². The monoisotopic (exact) mass is 168 g/mol. The van der Waals surface area contributed by atoms with Gasteiger partial charge in [0.25, 0.3) is 5.91 Å². The highest BCUT2D eigenvalue weighted by Crippen LogP contribution is 2.10. The zero-order valence-electron chi connectivity index (χ0n) is 7.16. The molecule has 5 nitrogen and oxygen atoms in total. The van der Waals surface area contributed by atoms with E-state index in [0.717, 1.165) is 6.54 Å². The fourth-order valence-corrected chi connectivity index (χ4v) is 0.967. The fraction of sp³-hybridized carbons (Fsp3) is 0.429. The van der Waals surface area contributed by atoms with Crippen molar-refractivity contribution >= 4 is 11.7 Å². The Bertz CT molecular complexity index is 292. The highest BCUT2D eigenvalue weighted by atomic mass is 16.1. The van der Waals surface area contributed by atoms with Crippen LogP contribution < -0.4 is 11.1 Å². The number of nitrogens with one attached hydrogen (secondary N) is 1. The summed E-state index contributed by atoms with van der Waals surface area (Å²) in [6.07, 6.45) is 1.60. The molecule has 66 valence electrons. The van der Waals surface area contributed by atoms with Gasteiger partial charge in [0.15, 0.2) is 5.82 Å². The van der Waals surface area contributed by atoms with E-state index in [0.29, 0.717) is 11.4 Å². The quantitative estimate of drug-likeness (QED) is 0.664. The van der Waals surface area contributed by atoms with Crippen molar-refractivity contribution in [1.29, 1.82) is 0 Å². The molecular formula is C7H12N4O. The van der Waals surface area contributed by atoms with E-state index in [1.807, 2.05) is 6.92 Å². The molecule has 0 spiro atoms. The largest absolute Gasteiger partial charge is 0.368 e. The van der Waals surface area contributed by atoms with Crippen molar-refractivity contribution < 1.29 is 4.79 Å². The maximum absolute atomic E-state index is 10.8. The number of hydrogen-bond donors (Lipinski definition) is 2. The number of carbonyl (C=O) groups is 1. The second-order valence-corrected chi connectivity index (χ2v) is 2.46. The number of hydrogen-bond acceptors (Lipinski definition) is 3. The lowest BCUT2D eigenvalue weighted by Gasteiger charge is -1.98. The Morgan fingerprint density at radius 3 is 3.00 bits per heavy atom. The van der Waals surface area contributed by atoms with Gasteiger partial charge in [0.1, 0.15) is 5.56 Å². The van der Waals surface area contributed by atoms with Crippen LogP contribution in [0, 0.1) is 0 Å². The molecule has 0 aliphatic rings. The lowest BCUT2D eigenvalue weighted by Crippen LogP contribution is -2.12. The van der Waals surface area contributed by atoms with Crippen LogP contribution in [0.15, 0.2) is 6.20 Å². The van der Waals surface area contributed by atoms with Gasteiger partial charge in [0.05, 0.1) is 0 Å². The minimum absolute atomic E-state index is 0.430. The molecule has 1 heterocycles. The zero-order chi connectivity index (χ0) is 9.14. The Balaban J connectivity index is 2.99. The molecule has 1 aromatic heterocycles. The molecule has 1 rings (SSSR count). The van der Waals surface area contributed by atoms with Gasteiger partial charge in [-0.15, -0.1) is 0 Å². The maximum atomic E-state index is 10.8. The van der Waals surface area contributed by atoms with E-state index < -0.39 is 5.91 Å². The summed E-state index contributed by atoms with van der Waals surface area (Å²) in [5, 5.41) is 6.97. The van der Waals surface area contributed by atoms with Crippen LogP contribution in [-0.2, 0) is 7.05 Å². The average molecular weight is 168 g/mol. The average Bonchev–Trinajstić information content (AvgIpc) is 2.32. The predicted molar refractivity (Wildman–Crippen MR) is 45.9 cm³/mol. The molecule has 1 amide bonds. The van der Waals surface area contributed by atoms with Crippen LogP contribution in [0.2, 0.25) is 0 Å². The van der Waals surface area contributed by atoms with E-state index in [4.69, 9.17) is 5.73 Å². The van der Waals surface area contributed by atoms with Crippen LogP contribution in [0.5, 0.6) is 0 Å². The number of amides is 1. The van der Waals surface area contributed by atoms with Crippen molar-refractivity contribution in [3.8, 4) is 0 Å². The summed E-state index contributed by atoms with van der Waals surface area (Å²) < 4.78 is 1.55. The Kier molecular flexibility index (Phi) is 2.32. The molecule has 0 radical (unpaired) electrons. The normalized spacial score (nSPS) is 9.83. The van der Waals surface area contributed by atoms with E-state index in [2.05, 4.69) is 10.4 Å². The molecule has 0 aliphatic heterocycles. The van der Waals surface area contributed by atoms with Gasteiger partial charge in [-0.1, -0.05) is 0 Å². The highest BCUT2D eigenvalue weighted by molar-refractivity contribution is 5.97. The molecule has 0 unspecified atom stereocenters. The molecule has 1 aromatic rings. The van der Waals surface area contributed by atoms with Crippen LogP contribution >= 0.6 is 0 Å². The summed E-state index contributed by atoms with van der Waals surface area (Å²) >= 11 is 0. The van der Waals surface area contributed by atoms with Crippen LogP contribution in [0.4, 0.5) is 5.82 Å². The smallest absolute Gasteiger partial charge is 0.254 e. The molecule has 0 saturated heterocycles. The van der Waals surface area contributed by atoms with Crippen molar-refractivity contribution in [3.63, 3.8) is 0 Å². The third-order valence-corrected chi connectivity index (χ3v) is 1.44. The Labute approximate surface area is 70.5 Å². The summed E-state index contributed by atoms with van der Waals surface area (Å²) in [6.45, 7) is 2.65. The van der Waals surface area contributed by atoms with Gasteiger partial charge in [0, 0.05) is 19.8 Å². The molecule has 3 N–H and O–H groups in total. The molecule has 0 bridgehead atoms. The summed E-state index contributed by atoms with van der Waals surface area (Å²) in [5.41, 5.74) is 5.56. The number of carbonyl (C=O) groups excluding carboxylic acids is 1. The van der Waals surface area contributed by atoms with Gasteiger partial charge in [-0.05, 0) is 6.92 Å². The van der Waals surface area contributed by atoms with Crippen molar-refractivity contribution in [3.05, 3.63) is 11.8 Å². The van der Waals surface area contributed by atoms with E-state index in [9.17, 15) is 4.79 Å². The second kappa shape index (κ2) is 3.25. The highest BCUT2D eigenvalue weighted by Gasteiger charge is 2.10. The summed E-state index contributed by atoms with van der Waals surface area (Å²) in [7, 11) is 1.74. The molecule has 5 heteroatoms. The first kappa shape index (κ1) is 8.58. The number of anilines is 1. The lowest BCUT2D eigenvalue weighted by atomic mass is 10.3. The Morgan fingerprint density at radius 2 is 2.50 bits per heavy atom. The van der Waals surface area contributed by atoms with E-state index in [-0.39, 0.29) is 0 Å². The van der Waals surface area contributed by atoms with Crippen molar-refractivity contribution in [1.82, 2.24) is 9.78 Å². The Morgan fingerprint density at radius 1 is 1.83 bits per heavy atom. The third-order valence-electron chi connectivity index (χ3n) is 1.44. The van der Waals surface area contributed by atoms with Crippen molar-refractivity contribution in [2.45, 2.75) is 6.92 Å². The molecule has 0 aliphatic carbocycles. The topological polar surface area (TPSA) is 72.9 Å². The molecule has 0 saturated carbocycles. The summed E-state index contributed by atoms with van der Waals surface area (Å²) in [4.78, 5) is 10.8. The van der Waals surface area contributed by atoms with Gasteiger partial charge in [-0.3, -0.25) is 9.48 Å². The number of primary amides is 1. The van der Waals surface area contributed by atoms with Gasteiger partial charge >= 0.3 is 0 Å². The molecular weight excluding hydrogens is 156 g/mol. The number of nitrogens with two attached hydrogens (primary N) is 1. The number of aromatic nitrogens is 2. The van der Waals surface area contributed by atoms with Crippen molar-refractivity contribution in [2.24, 2.45) is 12.8 Å². The fourth-order valence-electron chi connectivity index (χ4n) is 0.967. The first-order valence-corrected chi connectivity index (χ1v) is 3.72. The molecule has 0 aromatic carbocycles. The third kappa shape index (κ3) is 1.55. The summed E-state index contributed by atoms with van der Waals surface area (Å²) in [6, 6.07) is 0. The number of aryl methyl sites for hydroxylation is 1. The van der Waals surface area contributed by atoms with E-state index in [1.165, 1.54) is 0 Å². The van der Waals surface area contributed by atoms with Gasteiger partial charge in [-0.2, -0.15) is 5.10 Å². The van der Waals surface area contributed by atoms with Gasteiger partial charge < -0.3 is 11.1 Å². The van der Waals surface area contributed by atoms with Gasteiger partial charge in [-0.25, -0.2) is 0 Å². The van der Waals surface area contributed by atoms with Crippen LogP contribution in [0.25, 0.3) is 0 Å². The maximum Gasteiger partial charge on any atom is 0.254 e. The first-order chi connectivity index (χ1) is 5.65. The van der Waals surface area contributed by atoms with E-state index in [1.54, 1.807) is 17.9 Å².